The minimum atomic E-state index is -0.677. The van der Waals surface area contributed by atoms with Gasteiger partial charge in [0, 0.05) is 31.5 Å². The van der Waals surface area contributed by atoms with E-state index in [9.17, 15) is 9.59 Å². The summed E-state index contributed by atoms with van der Waals surface area (Å²) in [5.41, 5.74) is 7.14. The summed E-state index contributed by atoms with van der Waals surface area (Å²) < 4.78 is 6.86. The number of rotatable bonds is 6. The lowest BCUT2D eigenvalue weighted by molar-refractivity contribution is 0.0733. The standard InChI is InChI=1S/C30H19Br2Cl2N3O3/c1-16-6-5-9-22-25(17-7-3-2-4-8-17)27(36-26(16)22)29(38)37-35-15-18-12-19(31)13-23(32)28(18)40-30(39)21-11-10-20(33)14-24(21)34/h2-15,36H,1H3,(H,37,38). The Morgan fingerprint density at radius 2 is 1.75 bits per heavy atom. The number of hydrazone groups is 1. The van der Waals surface area contributed by atoms with Crippen LogP contribution in [0.3, 0.4) is 0 Å². The number of ether oxygens (including phenoxy) is 1. The Balaban J connectivity index is 1.45. The summed E-state index contributed by atoms with van der Waals surface area (Å²) in [5.74, 6) is -0.904. The van der Waals surface area contributed by atoms with Crippen LogP contribution in [-0.2, 0) is 0 Å². The van der Waals surface area contributed by atoms with Gasteiger partial charge in [-0.1, -0.05) is 87.7 Å². The van der Waals surface area contributed by atoms with Gasteiger partial charge in [-0.15, -0.1) is 0 Å². The van der Waals surface area contributed by atoms with Crippen LogP contribution < -0.4 is 10.2 Å². The number of amides is 1. The fraction of sp³-hybridized carbons (Fsp3) is 0.0333. The summed E-state index contributed by atoms with van der Waals surface area (Å²) in [5, 5.41) is 5.67. The Morgan fingerprint density at radius 3 is 2.50 bits per heavy atom. The van der Waals surface area contributed by atoms with E-state index in [0.717, 1.165) is 27.6 Å². The van der Waals surface area contributed by atoms with Crippen LogP contribution in [-0.4, -0.2) is 23.1 Å². The normalized spacial score (nSPS) is 11.2. The molecule has 1 aromatic heterocycles. The summed E-state index contributed by atoms with van der Waals surface area (Å²) >= 11 is 19.0. The van der Waals surface area contributed by atoms with E-state index in [0.29, 0.717) is 25.2 Å². The highest BCUT2D eigenvalue weighted by Crippen LogP contribution is 2.35. The predicted octanol–water partition coefficient (Wildman–Crippen LogP) is 8.96. The third-order valence-corrected chi connectivity index (χ3v) is 7.68. The number of H-pyrrole nitrogens is 1. The van der Waals surface area contributed by atoms with E-state index in [1.165, 1.54) is 18.3 Å². The molecule has 0 saturated carbocycles. The van der Waals surface area contributed by atoms with Crippen molar-refractivity contribution in [3.05, 3.63) is 120 Å². The van der Waals surface area contributed by atoms with Gasteiger partial charge in [-0.3, -0.25) is 4.79 Å². The molecule has 0 saturated heterocycles. The third-order valence-electron chi connectivity index (χ3n) is 6.08. The van der Waals surface area contributed by atoms with Crippen molar-refractivity contribution in [1.29, 1.82) is 0 Å². The van der Waals surface area contributed by atoms with Crippen LogP contribution in [0.15, 0.2) is 92.9 Å². The zero-order chi connectivity index (χ0) is 28.4. The quantitative estimate of drug-likeness (QED) is 0.0804. The molecule has 5 aromatic rings. The smallest absolute Gasteiger partial charge is 0.345 e. The maximum atomic E-state index is 13.4. The van der Waals surface area contributed by atoms with E-state index in [1.54, 1.807) is 18.2 Å². The molecular weight excluding hydrogens is 681 g/mol. The molecule has 0 aliphatic rings. The Labute approximate surface area is 256 Å². The minimum Gasteiger partial charge on any atom is -0.421 e. The van der Waals surface area contributed by atoms with E-state index in [2.05, 4.69) is 47.4 Å². The van der Waals surface area contributed by atoms with Gasteiger partial charge in [0.1, 0.15) is 5.69 Å². The maximum Gasteiger partial charge on any atom is 0.345 e. The Bertz CT molecular complexity index is 1800. The van der Waals surface area contributed by atoms with Crippen molar-refractivity contribution in [3.63, 3.8) is 0 Å². The number of aryl methyl sites for hydroxylation is 1. The van der Waals surface area contributed by atoms with E-state index in [4.69, 9.17) is 27.9 Å². The molecule has 40 heavy (non-hydrogen) atoms. The molecule has 1 heterocycles. The third kappa shape index (κ3) is 5.86. The predicted molar refractivity (Wildman–Crippen MR) is 167 cm³/mol. The van der Waals surface area contributed by atoms with Crippen LogP contribution in [0.25, 0.3) is 22.0 Å². The topological polar surface area (TPSA) is 83.5 Å². The van der Waals surface area contributed by atoms with Gasteiger partial charge in [0.2, 0.25) is 0 Å². The number of nitrogens with one attached hydrogen (secondary N) is 2. The number of aromatic nitrogens is 1. The molecule has 6 nitrogen and oxygen atoms in total. The lowest BCUT2D eigenvalue weighted by Gasteiger charge is -2.11. The zero-order valence-electron chi connectivity index (χ0n) is 20.8. The molecule has 0 unspecified atom stereocenters. The molecule has 0 aliphatic heterocycles. The van der Waals surface area contributed by atoms with E-state index < -0.39 is 11.9 Å². The summed E-state index contributed by atoms with van der Waals surface area (Å²) in [6.07, 6.45) is 1.40. The first-order chi connectivity index (χ1) is 19.2. The van der Waals surface area contributed by atoms with Gasteiger partial charge in [0.15, 0.2) is 5.75 Å². The fourth-order valence-electron chi connectivity index (χ4n) is 4.24. The molecule has 0 atom stereocenters. The zero-order valence-corrected chi connectivity index (χ0v) is 25.5. The monoisotopic (exact) mass is 697 g/mol. The van der Waals surface area contributed by atoms with Gasteiger partial charge >= 0.3 is 5.97 Å². The molecule has 0 fully saturated rings. The van der Waals surface area contributed by atoms with Crippen molar-refractivity contribution >= 4 is 84.1 Å². The molecule has 0 bridgehead atoms. The number of benzene rings is 4. The van der Waals surface area contributed by atoms with Crippen LogP contribution in [0.5, 0.6) is 5.75 Å². The van der Waals surface area contributed by atoms with E-state index in [1.807, 2.05) is 55.5 Å². The number of esters is 1. The van der Waals surface area contributed by atoms with Crippen LogP contribution in [0.1, 0.15) is 32.0 Å². The number of aromatic amines is 1. The average Bonchev–Trinajstić information content (AvgIpc) is 3.32. The number of carbonyl (C=O) groups is 2. The lowest BCUT2D eigenvalue weighted by Crippen LogP contribution is -2.19. The first-order valence-electron chi connectivity index (χ1n) is 11.9. The molecular formula is C30H19Br2Cl2N3O3. The van der Waals surface area contributed by atoms with Crippen LogP contribution in [0.4, 0.5) is 0 Å². The molecule has 2 N–H and O–H groups in total. The summed E-state index contributed by atoms with van der Waals surface area (Å²) in [6.45, 7) is 1.98. The number of fused-ring (bicyclic) bond motifs is 1. The minimum absolute atomic E-state index is 0.152. The average molecular weight is 700 g/mol. The second kappa shape index (κ2) is 12.0. The second-order valence-electron chi connectivity index (χ2n) is 8.76. The largest absolute Gasteiger partial charge is 0.421 e. The highest BCUT2D eigenvalue weighted by Gasteiger charge is 2.21. The Kier molecular flexibility index (Phi) is 8.42. The highest BCUT2D eigenvalue weighted by molar-refractivity contribution is 9.11. The molecule has 0 aliphatic carbocycles. The summed E-state index contributed by atoms with van der Waals surface area (Å²) in [6, 6.07) is 23.5. The number of halogens is 4. The highest BCUT2D eigenvalue weighted by atomic mass is 79.9. The van der Waals surface area contributed by atoms with Gasteiger partial charge in [-0.2, -0.15) is 5.10 Å². The van der Waals surface area contributed by atoms with Crippen molar-refractivity contribution in [3.8, 4) is 16.9 Å². The van der Waals surface area contributed by atoms with Crippen molar-refractivity contribution in [2.45, 2.75) is 6.92 Å². The molecule has 1 amide bonds. The van der Waals surface area contributed by atoms with Gasteiger partial charge in [0.25, 0.3) is 5.91 Å². The Hall–Kier alpha value is -3.43. The SMILES string of the molecule is Cc1cccc2c(-c3ccccc3)c(C(=O)NN=Cc3cc(Br)cc(Br)c3OC(=O)c3ccc(Cl)cc3Cl)[nH]c12. The van der Waals surface area contributed by atoms with E-state index >= 15 is 0 Å². The van der Waals surface area contributed by atoms with Crippen molar-refractivity contribution < 1.29 is 14.3 Å². The summed E-state index contributed by atoms with van der Waals surface area (Å²) in [4.78, 5) is 29.5. The second-order valence-corrected chi connectivity index (χ2v) is 11.4. The number of para-hydroxylation sites is 1. The number of nitrogens with zero attached hydrogens (tertiary/aromatic N) is 1. The Morgan fingerprint density at radius 1 is 0.975 bits per heavy atom. The fourth-order valence-corrected chi connectivity index (χ4v) is 6.07. The molecule has 200 valence electrons. The number of hydrogen-bond donors (Lipinski definition) is 2. The van der Waals surface area contributed by atoms with Gasteiger partial charge in [-0.05, 0) is 64.3 Å². The first-order valence-corrected chi connectivity index (χ1v) is 14.2. The summed E-state index contributed by atoms with van der Waals surface area (Å²) in [7, 11) is 0. The lowest BCUT2D eigenvalue weighted by atomic mass is 10.0. The van der Waals surface area contributed by atoms with Gasteiger partial charge in [0.05, 0.1) is 21.3 Å². The van der Waals surface area contributed by atoms with Crippen LogP contribution in [0, 0.1) is 6.92 Å². The number of carbonyl (C=O) groups excluding carboxylic acids is 2. The van der Waals surface area contributed by atoms with Crippen molar-refractivity contribution in [1.82, 2.24) is 10.4 Å². The van der Waals surface area contributed by atoms with Crippen molar-refractivity contribution in [2.75, 3.05) is 0 Å². The molecule has 4 aromatic carbocycles. The molecule has 0 radical (unpaired) electrons. The molecule has 5 rings (SSSR count). The first kappa shape index (κ1) is 28.1. The number of hydrogen-bond acceptors (Lipinski definition) is 4. The molecule has 10 heteroatoms. The van der Waals surface area contributed by atoms with Crippen LogP contribution >= 0.6 is 55.1 Å². The van der Waals surface area contributed by atoms with Gasteiger partial charge < -0.3 is 9.72 Å². The van der Waals surface area contributed by atoms with Crippen LogP contribution in [0.2, 0.25) is 10.0 Å². The maximum absolute atomic E-state index is 13.4. The van der Waals surface area contributed by atoms with Gasteiger partial charge in [-0.25, -0.2) is 10.2 Å². The molecule has 0 spiro atoms. The van der Waals surface area contributed by atoms with E-state index in [-0.39, 0.29) is 16.3 Å². The van der Waals surface area contributed by atoms with Crippen molar-refractivity contribution in [2.24, 2.45) is 5.10 Å².